The Morgan fingerprint density at radius 3 is 2.30 bits per heavy atom. The van der Waals surface area contributed by atoms with Crippen molar-refractivity contribution < 1.29 is 14.3 Å². The molecular weight excluding hydrogens is 340 g/mol. The summed E-state index contributed by atoms with van der Waals surface area (Å²) in [7, 11) is 1.64. The molecule has 5 heteroatoms. The number of hydrogen-bond donors (Lipinski definition) is 1. The lowest BCUT2D eigenvalue weighted by Gasteiger charge is -2.48. The maximum Gasteiger partial charge on any atom is 0.223 e. The molecule has 1 heterocycles. The summed E-state index contributed by atoms with van der Waals surface area (Å²) in [6.07, 6.45) is 10.7. The SMILES string of the molecule is COc1ccc(OCCC(=O)NCC2(N3CCCCC3)CCCCC2)cc1. The third-order valence-electron chi connectivity index (χ3n) is 6.08. The van der Waals surface area contributed by atoms with Crippen molar-refractivity contribution in [1.29, 1.82) is 0 Å². The highest BCUT2D eigenvalue weighted by molar-refractivity contribution is 5.76. The van der Waals surface area contributed by atoms with Gasteiger partial charge in [-0.25, -0.2) is 0 Å². The number of methoxy groups -OCH3 is 1. The average Bonchev–Trinajstić information content (AvgIpc) is 2.74. The summed E-state index contributed by atoms with van der Waals surface area (Å²) in [5.41, 5.74) is 0.186. The van der Waals surface area contributed by atoms with Crippen molar-refractivity contribution in [1.82, 2.24) is 10.2 Å². The molecule has 1 aliphatic heterocycles. The number of benzene rings is 1. The molecule has 1 saturated heterocycles. The van der Waals surface area contributed by atoms with Gasteiger partial charge in [-0.2, -0.15) is 0 Å². The molecule has 0 atom stereocenters. The summed E-state index contributed by atoms with van der Waals surface area (Å²) in [5, 5.41) is 3.21. The number of hydrogen-bond acceptors (Lipinski definition) is 4. The molecule has 1 N–H and O–H groups in total. The first-order chi connectivity index (χ1) is 13.2. The van der Waals surface area contributed by atoms with E-state index in [1.807, 2.05) is 24.3 Å². The van der Waals surface area contributed by atoms with Crippen LogP contribution in [0, 0.1) is 0 Å². The zero-order valence-electron chi connectivity index (χ0n) is 16.7. The Morgan fingerprint density at radius 2 is 1.63 bits per heavy atom. The van der Waals surface area contributed by atoms with Crippen LogP contribution >= 0.6 is 0 Å². The van der Waals surface area contributed by atoms with E-state index in [4.69, 9.17) is 9.47 Å². The zero-order chi connectivity index (χ0) is 19.0. The lowest BCUT2D eigenvalue weighted by molar-refractivity contribution is -0.122. The monoisotopic (exact) mass is 374 g/mol. The molecule has 1 saturated carbocycles. The second-order valence-corrected chi connectivity index (χ2v) is 7.88. The maximum atomic E-state index is 12.4. The van der Waals surface area contributed by atoms with Crippen molar-refractivity contribution in [3.63, 3.8) is 0 Å². The normalized spacial score (nSPS) is 20.0. The van der Waals surface area contributed by atoms with Crippen LogP contribution in [0.5, 0.6) is 11.5 Å². The van der Waals surface area contributed by atoms with Gasteiger partial charge in [0.15, 0.2) is 0 Å². The van der Waals surface area contributed by atoms with Crippen LogP contribution < -0.4 is 14.8 Å². The van der Waals surface area contributed by atoms with E-state index < -0.39 is 0 Å². The molecular formula is C22H34N2O3. The Kier molecular flexibility index (Phi) is 7.39. The number of nitrogens with one attached hydrogen (secondary N) is 1. The molecule has 1 amide bonds. The predicted molar refractivity (Wildman–Crippen MR) is 107 cm³/mol. The average molecular weight is 375 g/mol. The van der Waals surface area contributed by atoms with Gasteiger partial charge < -0.3 is 14.8 Å². The van der Waals surface area contributed by atoms with E-state index in [0.717, 1.165) is 18.0 Å². The molecule has 0 aromatic heterocycles. The molecule has 2 aliphatic rings. The summed E-state index contributed by atoms with van der Waals surface area (Å²) in [6.45, 7) is 3.57. The molecule has 27 heavy (non-hydrogen) atoms. The van der Waals surface area contributed by atoms with Crippen molar-refractivity contribution in [3.8, 4) is 11.5 Å². The van der Waals surface area contributed by atoms with Gasteiger partial charge >= 0.3 is 0 Å². The van der Waals surface area contributed by atoms with E-state index in [9.17, 15) is 4.79 Å². The summed E-state index contributed by atoms with van der Waals surface area (Å²) in [4.78, 5) is 15.0. The Morgan fingerprint density at radius 1 is 1.00 bits per heavy atom. The number of carbonyl (C=O) groups is 1. The van der Waals surface area contributed by atoms with Crippen LogP contribution in [0.4, 0.5) is 0 Å². The molecule has 2 fully saturated rings. The minimum atomic E-state index is 0.0884. The van der Waals surface area contributed by atoms with E-state index in [0.29, 0.717) is 13.0 Å². The zero-order valence-corrected chi connectivity index (χ0v) is 16.7. The van der Waals surface area contributed by atoms with Crippen molar-refractivity contribution in [2.24, 2.45) is 0 Å². The van der Waals surface area contributed by atoms with Crippen LogP contribution in [0.1, 0.15) is 57.8 Å². The fourth-order valence-corrected chi connectivity index (χ4v) is 4.47. The van der Waals surface area contributed by atoms with Gasteiger partial charge in [-0.1, -0.05) is 25.7 Å². The van der Waals surface area contributed by atoms with Crippen LogP contribution in [0.3, 0.4) is 0 Å². The Bertz CT molecular complexity index is 576. The summed E-state index contributed by atoms with van der Waals surface area (Å²) >= 11 is 0. The highest BCUT2D eigenvalue weighted by Crippen LogP contribution is 2.35. The molecule has 0 bridgehead atoms. The van der Waals surface area contributed by atoms with Crippen LogP contribution in [-0.2, 0) is 4.79 Å². The van der Waals surface area contributed by atoms with Crippen molar-refractivity contribution in [3.05, 3.63) is 24.3 Å². The van der Waals surface area contributed by atoms with Gasteiger partial charge in [0.2, 0.25) is 5.91 Å². The summed E-state index contributed by atoms with van der Waals surface area (Å²) in [6, 6.07) is 7.45. The fourth-order valence-electron chi connectivity index (χ4n) is 4.47. The topological polar surface area (TPSA) is 50.8 Å². The van der Waals surface area contributed by atoms with Gasteiger partial charge in [-0.05, 0) is 63.0 Å². The lowest BCUT2D eigenvalue weighted by Crippen LogP contribution is -2.58. The van der Waals surface area contributed by atoms with E-state index in [2.05, 4.69) is 10.2 Å². The first-order valence-electron chi connectivity index (χ1n) is 10.5. The van der Waals surface area contributed by atoms with Crippen molar-refractivity contribution in [2.75, 3.05) is 33.4 Å². The Hall–Kier alpha value is -1.75. The standard InChI is InChI=1S/C22H34N2O3/c1-26-19-8-10-20(11-9-19)27-17-12-21(25)23-18-22(13-4-2-5-14-22)24-15-6-3-7-16-24/h8-11H,2-7,12-18H2,1H3,(H,23,25). The van der Waals surface area contributed by atoms with Gasteiger partial charge in [0, 0.05) is 12.1 Å². The molecule has 150 valence electrons. The molecule has 0 unspecified atom stereocenters. The third-order valence-corrected chi connectivity index (χ3v) is 6.08. The molecule has 0 spiro atoms. The lowest BCUT2D eigenvalue weighted by atomic mass is 9.79. The number of rotatable bonds is 8. The largest absolute Gasteiger partial charge is 0.497 e. The van der Waals surface area contributed by atoms with Crippen LogP contribution in [0.2, 0.25) is 0 Å². The third kappa shape index (κ3) is 5.61. The Labute approximate surface area is 163 Å². The Balaban J connectivity index is 1.44. The van der Waals surface area contributed by atoms with Crippen LogP contribution in [-0.4, -0.2) is 49.7 Å². The van der Waals surface area contributed by atoms with Crippen molar-refractivity contribution in [2.45, 2.75) is 63.3 Å². The highest BCUT2D eigenvalue weighted by atomic mass is 16.5. The molecule has 0 radical (unpaired) electrons. The smallest absolute Gasteiger partial charge is 0.223 e. The number of nitrogens with zero attached hydrogens (tertiary/aromatic N) is 1. The molecule has 5 nitrogen and oxygen atoms in total. The first-order valence-corrected chi connectivity index (χ1v) is 10.5. The molecule has 1 aliphatic carbocycles. The number of carbonyl (C=O) groups excluding carboxylic acids is 1. The minimum absolute atomic E-state index is 0.0884. The minimum Gasteiger partial charge on any atom is -0.497 e. The molecule has 3 rings (SSSR count). The van der Waals surface area contributed by atoms with Crippen LogP contribution in [0.15, 0.2) is 24.3 Å². The molecule has 1 aromatic carbocycles. The number of amides is 1. The summed E-state index contributed by atoms with van der Waals surface area (Å²) < 4.78 is 10.8. The predicted octanol–water partition coefficient (Wildman–Crippen LogP) is 3.77. The van der Waals surface area contributed by atoms with E-state index in [1.54, 1.807) is 7.11 Å². The number of ether oxygens (including phenoxy) is 2. The second kappa shape index (κ2) is 9.98. The van der Waals surface area contributed by atoms with Gasteiger partial charge in [-0.15, -0.1) is 0 Å². The quantitative estimate of drug-likeness (QED) is 0.753. The van der Waals surface area contributed by atoms with E-state index in [-0.39, 0.29) is 11.4 Å². The van der Waals surface area contributed by atoms with Gasteiger partial charge in [0.25, 0.3) is 0 Å². The fraction of sp³-hybridized carbons (Fsp3) is 0.682. The molecule has 1 aromatic rings. The van der Waals surface area contributed by atoms with Gasteiger partial charge in [0.05, 0.1) is 20.1 Å². The van der Waals surface area contributed by atoms with Gasteiger partial charge in [-0.3, -0.25) is 9.69 Å². The highest BCUT2D eigenvalue weighted by Gasteiger charge is 2.38. The van der Waals surface area contributed by atoms with E-state index >= 15 is 0 Å². The van der Waals surface area contributed by atoms with Crippen molar-refractivity contribution >= 4 is 5.91 Å². The second-order valence-electron chi connectivity index (χ2n) is 7.88. The van der Waals surface area contributed by atoms with Crippen LogP contribution in [0.25, 0.3) is 0 Å². The van der Waals surface area contributed by atoms with Gasteiger partial charge in [0.1, 0.15) is 11.5 Å². The summed E-state index contributed by atoms with van der Waals surface area (Å²) in [5.74, 6) is 1.65. The maximum absolute atomic E-state index is 12.4. The number of likely N-dealkylation sites (tertiary alicyclic amines) is 1. The number of piperidine rings is 1. The first kappa shape index (κ1) is 20.0. The van der Waals surface area contributed by atoms with E-state index in [1.165, 1.54) is 64.5 Å².